The first-order valence-electron chi connectivity index (χ1n) is 4.19. The number of halogens is 2. The van der Waals surface area contributed by atoms with Gasteiger partial charge in [-0.3, -0.25) is 0 Å². The Morgan fingerprint density at radius 2 is 1.36 bits per heavy atom. The van der Waals surface area contributed by atoms with Crippen molar-refractivity contribution in [2.45, 2.75) is 0 Å². The molecule has 2 aromatic carbocycles. The Kier molecular flexibility index (Phi) is 2.76. The first-order valence-corrected chi connectivity index (χ1v) is 4.95. The van der Waals surface area contributed by atoms with E-state index < -0.39 is 0 Å². The second-order valence-electron chi connectivity index (χ2n) is 2.93. The van der Waals surface area contributed by atoms with Crippen LogP contribution in [0.1, 0.15) is 0 Å². The van der Waals surface area contributed by atoms with Crippen LogP contribution in [0.3, 0.4) is 0 Å². The van der Waals surface area contributed by atoms with Crippen molar-refractivity contribution in [3.05, 3.63) is 58.6 Å². The third kappa shape index (κ3) is 2.09. The Morgan fingerprint density at radius 3 is 1.93 bits per heavy atom. The summed E-state index contributed by atoms with van der Waals surface area (Å²) >= 11 is 11.7. The molecule has 2 rings (SSSR count). The summed E-state index contributed by atoms with van der Waals surface area (Å²) in [7, 11) is 0. The van der Waals surface area contributed by atoms with Crippen molar-refractivity contribution < 1.29 is 0 Å². The van der Waals surface area contributed by atoms with Gasteiger partial charge in [0.15, 0.2) is 0 Å². The molecule has 0 nitrogen and oxygen atoms in total. The molecule has 0 saturated carbocycles. The third-order valence-corrected chi connectivity index (χ3v) is 2.32. The smallest absolute Gasteiger partial charge is 0.0506 e. The number of benzene rings is 2. The Hall–Kier alpha value is -0.980. The molecule has 0 N–H and O–H groups in total. The lowest BCUT2D eigenvalue weighted by Crippen LogP contribution is -1.77. The van der Waals surface area contributed by atoms with Crippen LogP contribution in [0.2, 0.25) is 10.0 Å². The van der Waals surface area contributed by atoms with Gasteiger partial charge in [0.05, 0.1) is 10.0 Å². The van der Waals surface area contributed by atoms with Crippen molar-refractivity contribution in [3.8, 4) is 11.1 Å². The molecule has 2 aromatic rings. The van der Waals surface area contributed by atoms with Gasteiger partial charge in [0.1, 0.15) is 0 Å². The van der Waals surface area contributed by atoms with Gasteiger partial charge in [0, 0.05) is 6.07 Å². The van der Waals surface area contributed by atoms with E-state index in [0.717, 1.165) is 11.1 Å². The SMILES string of the molecule is Clc1[c]c(Cl)cc(-c2ccccc2)c1. The fourth-order valence-corrected chi connectivity index (χ4v) is 1.79. The lowest BCUT2D eigenvalue weighted by molar-refractivity contribution is 1.61. The van der Waals surface area contributed by atoms with Crippen molar-refractivity contribution in [3.63, 3.8) is 0 Å². The molecular formula is C12H7Cl2. The molecule has 14 heavy (non-hydrogen) atoms. The zero-order chi connectivity index (χ0) is 9.97. The highest BCUT2D eigenvalue weighted by atomic mass is 35.5. The number of hydrogen-bond acceptors (Lipinski definition) is 0. The average molecular weight is 222 g/mol. The van der Waals surface area contributed by atoms with Crippen LogP contribution in [0.5, 0.6) is 0 Å². The molecule has 2 heteroatoms. The van der Waals surface area contributed by atoms with Crippen LogP contribution in [-0.2, 0) is 0 Å². The molecule has 0 unspecified atom stereocenters. The molecule has 69 valence electrons. The molecular weight excluding hydrogens is 215 g/mol. The highest BCUT2D eigenvalue weighted by Crippen LogP contribution is 2.26. The van der Waals surface area contributed by atoms with Crippen LogP contribution in [0.4, 0.5) is 0 Å². The van der Waals surface area contributed by atoms with Crippen molar-refractivity contribution in [2.75, 3.05) is 0 Å². The van der Waals surface area contributed by atoms with E-state index in [2.05, 4.69) is 6.07 Å². The van der Waals surface area contributed by atoms with Gasteiger partial charge < -0.3 is 0 Å². The van der Waals surface area contributed by atoms with Crippen LogP contribution >= 0.6 is 23.2 Å². The maximum Gasteiger partial charge on any atom is 0.0506 e. The Bertz CT molecular complexity index is 415. The molecule has 0 aliphatic carbocycles. The standard InChI is InChI=1S/C12H7Cl2/c13-11-6-10(7-12(14)8-11)9-4-2-1-3-5-9/h1-7H. The summed E-state index contributed by atoms with van der Waals surface area (Å²) in [6.07, 6.45) is 0. The summed E-state index contributed by atoms with van der Waals surface area (Å²) in [5, 5.41) is 1.08. The fourth-order valence-electron chi connectivity index (χ4n) is 1.30. The van der Waals surface area contributed by atoms with Crippen LogP contribution < -0.4 is 0 Å². The lowest BCUT2D eigenvalue weighted by Gasteiger charge is -2.02. The lowest BCUT2D eigenvalue weighted by atomic mass is 10.1. The summed E-state index contributed by atoms with van der Waals surface area (Å²) in [6, 6.07) is 16.5. The molecule has 1 radical (unpaired) electrons. The van der Waals surface area contributed by atoms with E-state index in [-0.39, 0.29) is 0 Å². The molecule has 0 saturated heterocycles. The summed E-state index contributed by atoms with van der Waals surface area (Å²) < 4.78 is 0. The van der Waals surface area contributed by atoms with E-state index in [1.165, 1.54) is 0 Å². The number of hydrogen-bond donors (Lipinski definition) is 0. The monoisotopic (exact) mass is 221 g/mol. The van der Waals surface area contributed by atoms with Gasteiger partial charge in [0.25, 0.3) is 0 Å². The summed E-state index contributed by atoms with van der Waals surface area (Å²) in [5.74, 6) is 0. The molecule has 0 aliphatic rings. The summed E-state index contributed by atoms with van der Waals surface area (Å²) in [4.78, 5) is 0. The molecule has 0 bridgehead atoms. The second-order valence-corrected chi connectivity index (χ2v) is 3.75. The highest BCUT2D eigenvalue weighted by molar-refractivity contribution is 6.34. The van der Waals surface area contributed by atoms with Crippen molar-refractivity contribution >= 4 is 23.2 Å². The van der Waals surface area contributed by atoms with Crippen LogP contribution in [0.25, 0.3) is 11.1 Å². The molecule has 0 aromatic heterocycles. The van der Waals surface area contributed by atoms with Crippen molar-refractivity contribution in [2.24, 2.45) is 0 Å². The van der Waals surface area contributed by atoms with Gasteiger partial charge in [-0.15, -0.1) is 0 Å². The van der Waals surface area contributed by atoms with E-state index >= 15 is 0 Å². The minimum atomic E-state index is 0.538. The van der Waals surface area contributed by atoms with Crippen LogP contribution in [0, 0.1) is 6.07 Å². The maximum absolute atomic E-state index is 5.86. The van der Waals surface area contributed by atoms with Crippen LogP contribution in [-0.4, -0.2) is 0 Å². The molecule has 0 heterocycles. The molecule has 0 atom stereocenters. The first kappa shape index (κ1) is 9.57. The minimum Gasteiger partial charge on any atom is -0.0836 e. The van der Waals surface area contributed by atoms with Gasteiger partial charge in [-0.25, -0.2) is 0 Å². The maximum atomic E-state index is 5.86. The van der Waals surface area contributed by atoms with Gasteiger partial charge in [-0.05, 0) is 23.3 Å². The Morgan fingerprint density at radius 1 is 0.786 bits per heavy atom. The Balaban J connectivity index is 2.52. The normalized spacial score (nSPS) is 10.1. The van der Waals surface area contributed by atoms with E-state index in [4.69, 9.17) is 23.2 Å². The van der Waals surface area contributed by atoms with E-state index in [9.17, 15) is 0 Å². The van der Waals surface area contributed by atoms with E-state index in [1.54, 1.807) is 0 Å². The largest absolute Gasteiger partial charge is 0.0836 e. The van der Waals surface area contributed by atoms with Gasteiger partial charge in [0.2, 0.25) is 0 Å². The quantitative estimate of drug-likeness (QED) is 0.668. The van der Waals surface area contributed by atoms with E-state index in [0.29, 0.717) is 10.0 Å². The molecule has 0 aliphatic heterocycles. The first-order chi connectivity index (χ1) is 6.75. The predicted octanol–water partition coefficient (Wildman–Crippen LogP) is 4.46. The van der Waals surface area contributed by atoms with Crippen molar-refractivity contribution in [1.29, 1.82) is 0 Å². The summed E-state index contributed by atoms with van der Waals surface area (Å²) in [6.45, 7) is 0. The molecule has 0 amide bonds. The van der Waals surface area contributed by atoms with Gasteiger partial charge >= 0.3 is 0 Å². The highest BCUT2D eigenvalue weighted by Gasteiger charge is 2.00. The number of rotatable bonds is 1. The second kappa shape index (κ2) is 4.04. The summed E-state index contributed by atoms with van der Waals surface area (Å²) in [5.41, 5.74) is 2.12. The molecule has 0 fully saturated rings. The zero-order valence-electron chi connectivity index (χ0n) is 7.30. The minimum absolute atomic E-state index is 0.538. The zero-order valence-corrected chi connectivity index (χ0v) is 8.81. The van der Waals surface area contributed by atoms with Gasteiger partial charge in [-0.1, -0.05) is 53.5 Å². The Labute approximate surface area is 93.1 Å². The third-order valence-electron chi connectivity index (χ3n) is 1.91. The van der Waals surface area contributed by atoms with Gasteiger partial charge in [-0.2, -0.15) is 0 Å². The topological polar surface area (TPSA) is 0 Å². The fraction of sp³-hybridized carbons (Fsp3) is 0. The average Bonchev–Trinajstić information content (AvgIpc) is 2.18. The van der Waals surface area contributed by atoms with Crippen LogP contribution in [0.15, 0.2) is 42.5 Å². The van der Waals surface area contributed by atoms with E-state index in [1.807, 2.05) is 42.5 Å². The molecule has 0 spiro atoms. The predicted molar refractivity (Wildman–Crippen MR) is 60.7 cm³/mol. The van der Waals surface area contributed by atoms with Crippen molar-refractivity contribution in [1.82, 2.24) is 0 Å².